The van der Waals surface area contributed by atoms with Crippen molar-refractivity contribution in [1.29, 1.82) is 0 Å². The van der Waals surface area contributed by atoms with Gasteiger partial charge in [-0.25, -0.2) is 0 Å². The van der Waals surface area contributed by atoms with Crippen molar-refractivity contribution in [3.63, 3.8) is 0 Å². The Kier molecular flexibility index (Phi) is 4.55. The molecule has 20 heavy (non-hydrogen) atoms. The normalized spacial score (nSPS) is 9.90. The molecule has 0 aliphatic heterocycles. The van der Waals surface area contributed by atoms with Crippen molar-refractivity contribution in [3.05, 3.63) is 48.3 Å². The lowest BCUT2D eigenvalue weighted by Gasteiger charge is -2.11. The fourth-order valence-electron chi connectivity index (χ4n) is 1.67. The number of hydrogen-bond donors (Lipinski definition) is 1. The number of aromatic nitrogens is 1. The molecule has 0 saturated heterocycles. The van der Waals surface area contributed by atoms with E-state index in [-0.39, 0.29) is 12.5 Å². The number of rotatable bonds is 5. The van der Waals surface area contributed by atoms with Gasteiger partial charge < -0.3 is 14.8 Å². The maximum atomic E-state index is 11.8. The first-order valence-electron chi connectivity index (χ1n) is 6.16. The van der Waals surface area contributed by atoms with Gasteiger partial charge in [0.05, 0.1) is 7.11 Å². The van der Waals surface area contributed by atoms with Gasteiger partial charge in [0.2, 0.25) is 0 Å². The van der Waals surface area contributed by atoms with Crippen LogP contribution in [0.5, 0.6) is 11.5 Å². The zero-order valence-electron chi connectivity index (χ0n) is 11.4. The number of benzene rings is 1. The van der Waals surface area contributed by atoms with Crippen molar-refractivity contribution in [1.82, 2.24) is 4.98 Å². The Morgan fingerprint density at radius 2 is 1.95 bits per heavy atom. The summed E-state index contributed by atoms with van der Waals surface area (Å²) >= 11 is 0. The molecule has 1 heterocycles. The van der Waals surface area contributed by atoms with E-state index in [4.69, 9.17) is 9.47 Å². The first-order chi connectivity index (χ1) is 9.69. The summed E-state index contributed by atoms with van der Waals surface area (Å²) in [5, 5.41) is 2.72. The molecule has 0 aliphatic rings. The molecule has 2 aromatic rings. The molecule has 0 aliphatic carbocycles. The number of carbonyl (C=O) groups excluding carboxylic acids is 1. The molecule has 1 aromatic heterocycles. The van der Waals surface area contributed by atoms with Crippen LogP contribution < -0.4 is 14.8 Å². The summed E-state index contributed by atoms with van der Waals surface area (Å²) < 4.78 is 10.7. The largest absolute Gasteiger partial charge is 0.493 e. The van der Waals surface area contributed by atoms with Crippen LogP contribution in [0.15, 0.2) is 42.7 Å². The maximum Gasteiger partial charge on any atom is 0.262 e. The Morgan fingerprint density at radius 3 is 2.65 bits per heavy atom. The Labute approximate surface area is 117 Å². The van der Waals surface area contributed by atoms with Crippen molar-refractivity contribution >= 4 is 11.6 Å². The third-order valence-corrected chi connectivity index (χ3v) is 2.64. The van der Waals surface area contributed by atoms with E-state index in [1.165, 1.54) is 0 Å². The van der Waals surface area contributed by atoms with Gasteiger partial charge in [-0.05, 0) is 36.8 Å². The molecule has 0 radical (unpaired) electrons. The summed E-state index contributed by atoms with van der Waals surface area (Å²) in [5.41, 5.74) is 1.75. The number of nitrogens with zero attached hydrogens (tertiary/aromatic N) is 1. The number of amides is 1. The summed E-state index contributed by atoms with van der Waals surface area (Å²) in [6.45, 7) is 1.88. The Hall–Kier alpha value is -2.56. The highest BCUT2D eigenvalue weighted by Gasteiger charge is 2.08. The lowest BCUT2D eigenvalue weighted by atomic mass is 10.2. The predicted octanol–water partition coefficient (Wildman–Crippen LogP) is 2.42. The van der Waals surface area contributed by atoms with Gasteiger partial charge in [0.15, 0.2) is 18.1 Å². The van der Waals surface area contributed by atoms with E-state index in [2.05, 4.69) is 10.3 Å². The molecule has 2 rings (SSSR count). The third-order valence-electron chi connectivity index (χ3n) is 2.64. The van der Waals surface area contributed by atoms with Crippen LogP contribution in [-0.4, -0.2) is 24.6 Å². The van der Waals surface area contributed by atoms with Crippen molar-refractivity contribution in [2.75, 3.05) is 19.0 Å². The molecule has 1 aromatic carbocycles. The van der Waals surface area contributed by atoms with Crippen molar-refractivity contribution in [2.45, 2.75) is 6.92 Å². The highest BCUT2D eigenvalue weighted by Crippen LogP contribution is 2.27. The standard InChI is InChI=1S/C15H16N2O3/c1-11-3-4-13(14(9-11)19-2)20-10-15(18)17-12-5-7-16-8-6-12/h3-9H,10H2,1-2H3,(H,16,17,18). The molecule has 104 valence electrons. The van der Waals surface area contributed by atoms with Crippen LogP contribution in [0.2, 0.25) is 0 Å². The predicted molar refractivity (Wildman–Crippen MR) is 76.1 cm³/mol. The SMILES string of the molecule is COc1cc(C)ccc1OCC(=O)Nc1ccncc1. The average molecular weight is 272 g/mol. The monoisotopic (exact) mass is 272 g/mol. The summed E-state index contributed by atoms with van der Waals surface area (Å²) in [6, 6.07) is 8.97. The molecule has 1 amide bonds. The van der Waals surface area contributed by atoms with Crippen LogP contribution in [-0.2, 0) is 4.79 Å². The minimum absolute atomic E-state index is 0.0816. The molecular weight excluding hydrogens is 256 g/mol. The average Bonchev–Trinajstić information content (AvgIpc) is 2.47. The van der Waals surface area contributed by atoms with Gasteiger partial charge in [0, 0.05) is 18.1 Å². The number of aryl methyl sites for hydroxylation is 1. The van der Waals surface area contributed by atoms with Gasteiger partial charge in [0.1, 0.15) is 0 Å². The molecule has 0 unspecified atom stereocenters. The van der Waals surface area contributed by atoms with E-state index in [1.807, 2.05) is 19.1 Å². The minimum Gasteiger partial charge on any atom is -0.493 e. The third kappa shape index (κ3) is 3.71. The van der Waals surface area contributed by atoms with Crippen LogP contribution >= 0.6 is 0 Å². The number of anilines is 1. The van der Waals surface area contributed by atoms with E-state index < -0.39 is 0 Å². The highest BCUT2D eigenvalue weighted by molar-refractivity contribution is 5.91. The Balaban J connectivity index is 1.93. The van der Waals surface area contributed by atoms with E-state index in [9.17, 15) is 4.79 Å². The van der Waals surface area contributed by atoms with Gasteiger partial charge in [-0.3, -0.25) is 9.78 Å². The first kappa shape index (κ1) is 13.9. The molecule has 0 fully saturated rings. The number of ether oxygens (including phenoxy) is 2. The number of nitrogens with one attached hydrogen (secondary N) is 1. The van der Waals surface area contributed by atoms with Crippen molar-refractivity contribution in [3.8, 4) is 11.5 Å². The van der Waals surface area contributed by atoms with Gasteiger partial charge >= 0.3 is 0 Å². The van der Waals surface area contributed by atoms with Crippen LogP contribution in [0.4, 0.5) is 5.69 Å². The van der Waals surface area contributed by atoms with Crippen molar-refractivity contribution < 1.29 is 14.3 Å². The van der Waals surface area contributed by atoms with E-state index >= 15 is 0 Å². The van der Waals surface area contributed by atoms with Gasteiger partial charge in [0.25, 0.3) is 5.91 Å². The number of carbonyl (C=O) groups is 1. The second-order valence-corrected chi connectivity index (χ2v) is 4.23. The molecule has 1 N–H and O–H groups in total. The zero-order chi connectivity index (χ0) is 14.4. The minimum atomic E-state index is -0.237. The lowest BCUT2D eigenvalue weighted by molar-refractivity contribution is -0.118. The number of pyridine rings is 1. The molecular formula is C15H16N2O3. The summed E-state index contributed by atoms with van der Waals surface area (Å²) in [4.78, 5) is 15.6. The molecule has 5 nitrogen and oxygen atoms in total. The second kappa shape index (κ2) is 6.56. The van der Waals surface area contributed by atoms with Gasteiger partial charge in [-0.1, -0.05) is 6.07 Å². The fourth-order valence-corrected chi connectivity index (χ4v) is 1.67. The van der Waals surface area contributed by atoms with Crippen LogP contribution in [0.1, 0.15) is 5.56 Å². The van der Waals surface area contributed by atoms with E-state index in [1.54, 1.807) is 37.7 Å². The van der Waals surface area contributed by atoms with Crippen molar-refractivity contribution in [2.24, 2.45) is 0 Å². The van der Waals surface area contributed by atoms with Gasteiger partial charge in [-0.2, -0.15) is 0 Å². The van der Waals surface area contributed by atoms with Crippen LogP contribution in [0, 0.1) is 6.92 Å². The Morgan fingerprint density at radius 1 is 1.20 bits per heavy atom. The first-order valence-corrected chi connectivity index (χ1v) is 6.16. The topological polar surface area (TPSA) is 60.5 Å². The molecule has 0 bridgehead atoms. The van der Waals surface area contributed by atoms with Crippen LogP contribution in [0.25, 0.3) is 0 Å². The van der Waals surface area contributed by atoms with Crippen LogP contribution in [0.3, 0.4) is 0 Å². The molecule has 0 saturated carbocycles. The number of hydrogen-bond acceptors (Lipinski definition) is 4. The quantitative estimate of drug-likeness (QED) is 0.908. The summed E-state index contributed by atoms with van der Waals surface area (Å²) in [6.07, 6.45) is 3.22. The Bertz CT molecular complexity index is 585. The zero-order valence-corrected chi connectivity index (χ0v) is 11.4. The molecule has 0 atom stereocenters. The number of methoxy groups -OCH3 is 1. The van der Waals surface area contributed by atoms with Gasteiger partial charge in [-0.15, -0.1) is 0 Å². The maximum absolute atomic E-state index is 11.8. The lowest BCUT2D eigenvalue weighted by Crippen LogP contribution is -2.20. The second-order valence-electron chi connectivity index (χ2n) is 4.23. The van der Waals surface area contributed by atoms with E-state index in [0.29, 0.717) is 17.2 Å². The molecule has 0 spiro atoms. The summed E-state index contributed by atoms with van der Waals surface area (Å²) in [7, 11) is 1.57. The highest BCUT2D eigenvalue weighted by atomic mass is 16.5. The molecule has 5 heteroatoms. The smallest absolute Gasteiger partial charge is 0.262 e. The van der Waals surface area contributed by atoms with E-state index in [0.717, 1.165) is 5.56 Å². The fraction of sp³-hybridized carbons (Fsp3) is 0.200. The summed E-state index contributed by atoms with van der Waals surface area (Å²) in [5.74, 6) is 0.920.